The molecule has 3 heterocycles. The summed E-state index contributed by atoms with van der Waals surface area (Å²) in [7, 11) is 0. The minimum absolute atomic E-state index is 0.162. The molecule has 244 valence electrons. The SMILES string of the molecule is CC(C)c1noc(N2CCC(C(C)CCOc3ccc([C@H](NC(=O)OC(C)(C)C)C(=O)N4CCC(F)(F)C4)c(F)c3)CC2)n1. The van der Waals surface area contributed by atoms with E-state index in [2.05, 4.69) is 27.3 Å². The van der Waals surface area contributed by atoms with Crippen LogP contribution < -0.4 is 15.0 Å². The van der Waals surface area contributed by atoms with E-state index in [4.69, 9.17) is 14.0 Å². The van der Waals surface area contributed by atoms with Gasteiger partial charge in [-0.1, -0.05) is 25.9 Å². The Morgan fingerprint density at radius 1 is 1.16 bits per heavy atom. The lowest BCUT2D eigenvalue weighted by atomic mass is 9.84. The van der Waals surface area contributed by atoms with Crippen LogP contribution >= 0.6 is 0 Å². The number of aromatic nitrogens is 2. The molecule has 4 rings (SSSR count). The molecule has 44 heavy (non-hydrogen) atoms. The molecule has 10 nitrogen and oxygen atoms in total. The number of alkyl carbamates (subject to hydrolysis) is 1. The number of carbonyl (C=O) groups excluding carboxylic acids is 2. The summed E-state index contributed by atoms with van der Waals surface area (Å²) in [5.41, 5.74) is -1.04. The van der Waals surface area contributed by atoms with Crippen molar-refractivity contribution in [1.82, 2.24) is 20.4 Å². The van der Waals surface area contributed by atoms with Crippen LogP contribution in [0.15, 0.2) is 22.7 Å². The van der Waals surface area contributed by atoms with E-state index in [0.717, 1.165) is 43.3 Å². The molecule has 0 bridgehead atoms. The van der Waals surface area contributed by atoms with Gasteiger partial charge in [-0.2, -0.15) is 4.98 Å². The van der Waals surface area contributed by atoms with Crippen molar-refractivity contribution in [2.45, 2.75) is 90.7 Å². The fraction of sp³-hybridized carbons (Fsp3) is 0.677. The van der Waals surface area contributed by atoms with Gasteiger partial charge in [-0.15, -0.1) is 0 Å². The third-order valence-electron chi connectivity index (χ3n) is 8.08. The predicted molar refractivity (Wildman–Crippen MR) is 157 cm³/mol. The van der Waals surface area contributed by atoms with E-state index in [1.54, 1.807) is 20.8 Å². The van der Waals surface area contributed by atoms with E-state index >= 15 is 4.39 Å². The van der Waals surface area contributed by atoms with Crippen LogP contribution in [0.2, 0.25) is 0 Å². The van der Waals surface area contributed by atoms with Crippen LogP contribution in [0, 0.1) is 17.7 Å². The topological polar surface area (TPSA) is 110 Å². The molecular formula is C31H44F3N5O5. The van der Waals surface area contributed by atoms with Crippen molar-refractivity contribution in [3.05, 3.63) is 35.4 Å². The highest BCUT2D eigenvalue weighted by molar-refractivity contribution is 5.87. The fourth-order valence-electron chi connectivity index (χ4n) is 5.48. The van der Waals surface area contributed by atoms with E-state index in [9.17, 15) is 18.4 Å². The maximum absolute atomic E-state index is 15.4. The van der Waals surface area contributed by atoms with Crippen LogP contribution in [0.3, 0.4) is 0 Å². The van der Waals surface area contributed by atoms with E-state index in [0.29, 0.717) is 30.3 Å². The van der Waals surface area contributed by atoms with Crippen molar-refractivity contribution in [1.29, 1.82) is 0 Å². The van der Waals surface area contributed by atoms with E-state index in [-0.39, 0.29) is 23.8 Å². The maximum atomic E-state index is 15.4. The zero-order chi connectivity index (χ0) is 32.2. The van der Waals surface area contributed by atoms with Gasteiger partial charge in [0, 0.05) is 43.6 Å². The largest absolute Gasteiger partial charge is 0.493 e. The molecule has 2 aliphatic rings. The van der Waals surface area contributed by atoms with E-state index in [1.165, 1.54) is 12.1 Å². The van der Waals surface area contributed by atoms with Gasteiger partial charge in [-0.05, 0) is 64.0 Å². The lowest BCUT2D eigenvalue weighted by molar-refractivity contribution is -0.134. The number of amides is 2. The molecule has 2 aliphatic heterocycles. The minimum Gasteiger partial charge on any atom is -0.493 e. The highest BCUT2D eigenvalue weighted by Crippen LogP contribution is 2.32. The number of halogens is 3. The Balaban J connectivity index is 1.33. The molecule has 1 aromatic heterocycles. The third-order valence-corrected chi connectivity index (χ3v) is 8.08. The summed E-state index contributed by atoms with van der Waals surface area (Å²) in [5, 5.41) is 6.42. The molecule has 0 spiro atoms. The second-order valence-corrected chi connectivity index (χ2v) is 13.2. The maximum Gasteiger partial charge on any atom is 0.408 e. The highest BCUT2D eigenvalue weighted by Gasteiger charge is 2.43. The van der Waals surface area contributed by atoms with Crippen LogP contribution in [-0.2, 0) is 9.53 Å². The van der Waals surface area contributed by atoms with E-state index < -0.39 is 48.3 Å². The number of nitrogens with one attached hydrogen (secondary N) is 1. The summed E-state index contributed by atoms with van der Waals surface area (Å²) in [4.78, 5) is 33.3. The van der Waals surface area contributed by atoms with Crippen molar-refractivity contribution in [2.75, 3.05) is 37.7 Å². The van der Waals surface area contributed by atoms with Gasteiger partial charge in [-0.3, -0.25) is 4.79 Å². The Morgan fingerprint density at radius 3 is 2.43 bits per heavy atom. The lowest BCUT2D eigenvalue weighted by Crippen LogP contribution is -2.44. The number of anilines is 1. The molecule has 2 amide bonds. The first-order valence-corrected chi connectivity index (χ1v) is 15.3. The molecule has 1 N–H and O–H groups in total. The predicted octanol–water partition coefficient (Wildman–Crippen LogP) is 6.09. The van der Waals surface area contributed by atoms with Crippen molar-refractivity contribution in [2.24, 2.45) is 11.8 Å². The van der Waals surface area contributed by atoms with Gasteiger partial charge in [-0.25, -0.2) is 18.0 Å². The van der Waals surface area contributed by atoms with Crippen molar-refractivity contribution in [3.63, 3.8) is 0 Å². The quantitative estimate of drug-likeness (QED) is 0.339. The molecule has 0 radical (unpaired) electrons. The Labute approximate surface area is 256 Å². The van der Waals surface area contributed by atoms with Crippen LogP contribution in [0.25, 0.3) is 0 Å². The monoisotopic (exact) mass is 623 g/mol. The van der Waals surface area contributed by atoms with Gasteiger partial charge in [0.15, 0.2) is 5.82 Å². The Hall–Kier alpha value is -3.51. The molecule has 0 aliphatic carbocycles. The molecule has 2 saturated heterocycles. The number of piperidine rings is 1. The summed E-state index contributed by atoms with van der Waals surface area (Å²) in [6.45, 7) is 12.2. The van der Waals surface area contributed by atoms with Crippen molar-refractivity contribution >= 4 is 18.0 Å². The number of nitrogens with zero attached hydrogens (tertiary/aromatic N) is 4. The number of ether oxygens (including phenoxy) is 2. The number of hydrogen-bond donors (Lipinski definition) is 1. The lowest BCUT2D eigenvalue weighted by Gasteiger charge is -2.33. The van der Waals surface area contributed by atoms with Gasteiger partial charge in [0.05, 0.1) is 13.2 Å². The normalized spacial score (nSPS) is 18.8. The fourth-order valence-corrected chi connectivity index (χ4v) is 5.48. The molecule has 2 fully saturated rings. The number of carbonyl (C=O) groups is 2. The third kappa shape index (κ3) is 8.78. The Morgan fingerprint density at radius 2 is 1.86 bits per heavy atom. The number of rotatable bonds is 10. The van der Waals surface area contributed by atoms with Gasteiger partial charge in [0.25, 0.3) is 5.92 Å². The Kier molecular flexibility index (Phi) is 10.3. The van der Waals surface area contributed by atoms with E-state index in [1.807, 2.05) is 13.8 Å². The van der Waals surface area contributed by atoms with Crippen LogP contribution in [-0.4, -0.2) is 71.4 Å². The highest BCUT2D eigenvalue weighted by atomic mass is 19.3. The molecule has 2 atom stereocenters. The summed E-state index contributed by atoms with van der Waals surface area (Å²) in [6.07, 6.45) is 1.26. The molecule has 1 unspecified atom stereocenters. The summed E-state index contributed by atoms with van der Waals surface area (Å²) >= 11 is 0. The second kappa shape index (κ2) is 13.6. The first kappa shape index (κ1) is 33.4. The molecule has 13 heteroatoms. The molecule has 1 aromatic carbocycles. The van der Waals surface area contributed by atoms with Gasteiger partial charge in [0.2, 0.25) is 5.91 Å². The number of benzene rings is 1. The molecule has 2 aromatic rings. The number of likely N-dealkylation sites (tertiary alicyclic amines) is 1. The zero-order valence-corrected chi connectivity index (χ0v) is 26.4. The Bertz CT molecular complexity index is 1290. The van der Waals surface area contributed by atoms with Gasteiger partial charge >= 0.3 is 12.1 Å². The number of hydrogen-bond acceptors (Lipinski definition) is 8. The summed E-state index contributed by atoms with van der Waals surface area (Å²) in [5.74, 6) is -2.64. The second-order valence-electron chi connectivity index (χ2n) is 13.2. The van der Waals surface area contributed by atoms with Crippen LogP contribution in [0.5, 0.6) is 5.75 Å². The first-order valence-electron chi connectivity index (χ1n) is 15.3. The molecule has 0 saturated carbocycles. The standard InChI is InChI=1S/C31H44F3N5O5/c1-19(2)26-36-28(44-37-26)38-13-9-21(10-14-38)20(3)11-16-42-22-7-8-23(24(32)17-22)25(35-29(41)43-30(4,5)6)27(40)39-15-12-31(33,34)18-39/h7-8,17,19-21,25H,9-16,18H2,1-6H3,(H,35,41)/t20?,25-/m0/s1. The van der Waals surface area contributed by atoms with Crippen molar-refractivity contribution in [3.8, 4) is 5.75 Å². The number of alkyl halides is 2. The first-order chi connectivity index (χ1) is 20.6. The molecular weight excluding hydrogens is 579 g/mol. The van der Waals surface area contributed by atoms with Crippen molar-refractivity contribution < 1.29 is 36.8 Å². The van der Waals surface area contributed by atoms with Crippen LogP contribution in [0.1, 0.15) is 90.6 Å². The van der Waals surface area contributed by atoms with Gasteiger partial charge < -0.3 is 29.1 Å². The minimum atomic E-state index is -3.04. The summed E-state index contributed by atoms with van der Waals surface area (Å²) in [6, 6.07) is 3.01. The smallest absolute Gasteiger partial charge is 0.408 e. The zero-order valence-electron chi connectivity index (χ0n) is 26.4. The van der Waals surface area contributed by atoms with Crippen LogP contribution in [0.4, 0.5) is 24.0 Å². The average Bonchev–Trinajstić information content (AvgIpc) is 3.58. The van der Waals surface area contributed by atoms with Gasteiger partial charge in [0.1, 0.15) is 23.2 Å². The average molecular weight is 624 g/mol. The summed E-state index contributed by atoms with van der Waals surface area (Å²) < 4.78 is 59.6.